The third-order valence-electron chi connectivity index (χ3n) is 7.74. The lowest BCUT2D eigenvalue weighted by Crippen LogP contribution is -2.44. The number of carboxylic acid groups (broad SMARTS) is 1. The Hall–Kier alpha value is -3.39. The number of hydrogen-bond donors (Lipinski definition) is 6. The second-order valence-corrected chi connectivity index (χ2v) is 13.2. The second kappa shape index (κ2) is 21.9. The van der Waals surface area contributed by atoms with E-state index in [1.54, 1.807) is 45.2 Å². The van der Waals surface area contributed by atoms with Gasteiger partial charge in [-0.05, 0) is 69.6 Å². The molecule has 51 heavy (non-hydrogen) atoms. The van der Waals surface area contributed by atoms with Crippen LogP contribution in [-0.4, -0.2) is 122 Å². The molecule has 1 saturated heterocycles. The van der Waals surface area contributed by atoms with E-state index in [0.29, 0.717) is 52.4 Å². The monoisotopic (exact) mass is 741 g/mol. The van der Waals surface area contributed by atoms with Gasteiger partial charge in [0.1, 0.15) is 11.9 Å². The van der Waals surface area contributed by atoms with Crippen LogP contribution in [0.25, 0.3) is 0 Å². The van der Waals surface area contributed by atoms with E-state index in [1.807, 2.05) is 0 Å². The first-order chi connectivity index (χ1) is 24.4. The molecule has 7 N–H and O–H groups in total. The molecule has 1 amide bonds. The molecular formula is C34H51N3O13S. The van der Waals surface area contributed by atoms with Crippen molar-refractivity contribution in [2.24, 2.45) is 11.1 Å². The lowest BCUT2D eigenvalue weighted by molar-refractivity contribution is -0.199. The third-order valence-corrected chi connectivity index (χ3v) is 8.38. The Morgan fingerprint density at radius 2 is 1.65 bits per heavy atom. The predicted octanol–water partition coefficient (Wildman–Crippen LogP) is 0.940. The van der Waals surface area contributed by atoms with Gasteiger partial charge >= 0.3 is 17.3 Å². The van der Waals surface area contributed by atoms with Crippen molar-refractivity contribution in [2.75, 3.05) is 66.4 Å². The SMILES string of the molecule is CNC(Cc1ccc(OS(=O)Oc2cc(C(=O)NCCOCCOCCOCCN)ccc2O[C@@H]2OC[C@H](O)CC2O)cc1)CC(C)(C)C(=O)O. The maximum absolute atomic E-state index is 13.0. The Bertz CT molecular complexity index is 1380. The van der Waals surface area contributed by atoms with Crippen molar-refractivity contribution in [1.29, 1.82) is 0 Å². The molecule has 2 aromatic rings. The summed E-state index contributed by atoms with van der Waals surface area (Å²) in [7, 11) is 1.78. The molecular weight excluding hydrogens is 690 g/mol. The van der Waals surface area contributed by atoms with Gasteiger partial charge in [-0.2, -0.15) is 4.21 Å². The summed E-state index contributed by atoms with van der Waals surface area (Å²) < 4.78 is 51.4. The van der Waals surface area contributed by atoms with Crippen molar-refractivity contribution < 1.29 is 61.2 Å². The summed E-state index contributed by atoms with van der Waals surface area (Å²) in [6, 6.07) is 10.9. The number of likely N-dealkylation sites (N-methyl/N-ethyl adjacent to an activating group) is 1. The molecule has 3 unspecified atom stereocenters. The number of benzene rings is 2. The van der Waals surface area contributed by atoms with E-state index in [4.69, 9.17) is 37.8 Å². The van der Waals surface area contributed by atoms with Crippen molar-refractivity contribution in [2.45, 2.75) is 57.6 Å². The molecule has 2 aromatic carbocycles. The molecule has 17 heteroatoms. The number of nitrogens with two attached hydrogens (primary N) is 1. The number of aliphatic carboxylic acids is 1. The Morgan fingerprint density at radius 1 is 0.980 bits per heavy atom. The Labute approximate surface area is 300 Å². The van der Waals surface area contributed by atoms with Gasteiger partial charge in [0.25, 0.3) is 5.91 Å². The molecule has 0 radical (unpaired) electrons. The van der Waals surface area contributed by atoms with E-state index < -0.39 is 47.2 Å². The molecule has 1 heterocycles. The highest BCUT2D eigenvalue weighted by Crippen LogP contribution is 2.32. The summed E-state index contributed by atoms with van der Waals surface area (Å²) in [5.41, 5.74) is 5.51. The minimum absolute atomic E-state index is 0.0124. The largest absolute Gasteiger partial charge is 0.481 e. The van der Waals surface area contributed by atoms with Crippen LogP contribution in [0.1, 0.15) is 42.6 Å². The van der Waals surface area contributed by atoms with Crippen LogP contribution < -0.4 is 29.5 Å². The minimum Gasteiger partial charge on any atom is -0.481 e. The molecule has 0 aliphatic carbocycles. The van der Waals surface area contributed by atoms with Crippen LogP contribution in [0, 0.1) is 5.41 Å². The zero-order valence-corrected chi connectivity index (χ0v) is 30.1. The smallest absolute Gasteiger partial charge is 0.417 e. The Morgan fingerprint density at radius 3 is 2.27 bits per heavy atom. The highest BCUT2D eigenvalue weighted by Gasteiger charge is 2.32. The quantitative estimate of drug-likeness (QED) is 0.0824. The molecule has 0 spiro atoms. The van der Waals surface area contributed by atoms with E-state index >= 15 is 0 Å². The van der Waals surface area contributed by atoms with Crippen molar-refractivity contribution >= 4 is 23.2 Å². The first kappa shape index (κ1) is 42.0. The number of rotatable bonds is 24. The summed E-state index contributed by atoms with van der Waals surface area (Å²) in [6.45, 7) is 6.23. The summed E-state index contributed by atoms with van der Waals surface area (Å²) in [5, 5.41) is 35.5. The highest BCUT2D eigenvalue weighted by molar-refractivity contribution is 7.75. The fourth-order valence-electron chi connectivity index (χ4n) is 4.90. The predicted molar refractivity (Wildman–Crippen MR) is 186 cm³/mol. The van der Waals surface area contributed by atoms with E-state index in [9.17, 15) is 29.1 Å². The molecule has 0 saturated carbocycles. The first-order valence-electron chi connectivity index (χ1n) is 16.7. The molecule has 0 aromatic heterocycles. The molecule has 16 nitrogen and oxygen atoms in total. The van der Waals surface area contributed by atoms with Gasteiger partial charge in [0.15, 0.2) is 11.5 Å². The normalized spacial score (nSPS) is 18.8. The number of nitrogens with one attached hydrogen (secondary N) is 2. The average Bonchev–Trinajstić information content (AvgIpc) is 3.09. The van der Waals surface area contributed by atoms with Crippen LogP contribution in [0.2, 0.25) is 0 Å². The van der Waals surface area contributed by atoms with Gasteiger partial charge in [-0.15, -0.1) is 0 Å². The zero-order valence-electron chi connectivity index (χ0n) is 29.2. The molecule has 1 fully saturated rings. The number of carboxylic acids is 1. The third kappa shape index (κ3) is 15.0. The van der Waals surface area contributed by atoms with Crippen LogP contribution >= 0.6 is 0 Å². The second-order valence-electron chi connectivity index (χ2n) is 12.4. The van der Waals surface area contributed by atoms with E-state index in [1.165, 1.54) is 18.2 Å². The Balaban J connectivity index is 1.59. The number of aliphatic hydroxyl groups is 2. The lowest BCUT2D eigenvalue weighted by Gasteiger charge is -2.31. The van der Waals surface area contributed by atoms with Gasteiger partial charge in [0.05, 0.1) is 57.8 Å². The molecule has 1 aliphatic heterocycles. The fourth-order valence-corrected chi connectivity index (χ4v) is 5.48. The molecule has 3 rings (SSSR count). The number of aliphatic hydroxyl groups excluding tert-OH is 2. The van der Waals surface area contributed by atoms with Gasteiger partial charge in [0.2, 0.25) is 6.29 Å². The Kier molecular flexibility index (Phi) is 18.0. The molecule has 286 valence electrons. The number of carbonyl (C=O) groups is 2. The van der Waals surface area contributed by atoms with Crippen molar-refractivity contribution in [3.63, 3.8) is 0 Å². The van der Waals surface area contributed by atoms with Gasteiger partial charge in [-0.25, -0.2) is 0 Å². The molecule has 5 atom stereocenters. The number of ether oxygens (including phenoxy) is 5. The standard InChI is InChI=1S/C34H51N3O13S/c1-34(2,33(41)42)21-25(36-3)18-23-4-7-27(8-5-23)49-51(43)50-30-19-24(6-9-29(30)48-32-28(39)20-26(38)22-47-32)31(40)37-11-13-45-15-17-46-16-14-44-12-10-35/h4-9,19,25-26,28,32,36,38-39H,10-18,20-22,35H2,1-3H3,(H,37,40)(H,41,42)/t25?,26-,28?,32+,51?/m1/s1. The summed E-state index contributed by atoms with van der Waals surface area (Å²) in [4.78, 5) is 24.5. The van der Waals surface area contributed by atoms with Gasteiger partial charge in [-0.1, -0.05) is 12.1 Å². The maximum Gasteiger partial charge on any atom is 0.417 e. The number of amides is 1. The average molecular weight is 742 g/mol. The van der Waals surface area contributed by atoms with Crippen molar-refractivity contribution in [3.8, 4) is 17.2 Å². The van der Waals surface area contributed by atoms with E-state index in [2.05, 4.69) is 10.6 Å². The van der Waals surface area contributed by atoms with Crippen LogP contribution in [0.5, 0.6) is 17.2 Å². The summed E-state index contributed by atoms with van der Waals surface area (Å²) in [5.74, 6) is -1.22. The molecule has 0 bridgehead atoms. The molecule has 1 aliphatic rings. The number of hydrogen-bond acceptors (Lipinski definition) is 14. The van der Waals surface area contributed by atoms with Crippen LogP contribution in [0.3, 0.4) is 0 Å². The van der Waals surface area contributed by atoms with Gasteiger partial charge < -0.3 is 63.7 Å². The topological polar surface area (TPSA) is 227 Å². The lowest BCUT2D eigenvalue weighted by atomic mass is 9.84. The van der Waals surface area contributed by atoms with E-state index in [-0.39, 0.29) is 55.0 Å². The van der Waals surface area contributed by atoms with Crippen LogP contribution in [0.15, 0.2) is 42.5 Å². The van der Waals surface area contributed by atoms with Crippen molar-refractivity contribution in [1.82, 2.24) is 10.6 Å². The summed E-state index contributed by atoms with van der Waals surface area (Å²) >= 11 is -2.40. The minimum atomic E-state index is -2.40. The maximum atomic E-state index is 13.0. The highest BCUT2D eigenvalue weighted by atomic mass is 32.2. The fraction of sp³-hybridized carbons (Fsp3) is 0.588. The van der Waals surface area contributed by atoms with Gasteiger partial charge in [-0.3, -0.25) is 9.59 Å². The van der Waals surface area contributed by atoms with E-state index in [0.717, 1.165) is 5.56 Å². The zero-order chi connectivity index (χ0) is 37.2. The number of carbonyl (C=O) groups excluding carboxylic acids is 1. The summed E-state index contributed by atoms with van der Waals surface area (Å²) in [6.07, 6.45) is -2.17. The van der Waals surface area contributed by atoms with Crippen molar-refractivity contribution in [3.05, 3.63) is 53.6 Å². The van der Waals surface area contributed by atoms with Crippen LogP contribution in [-0.2, 0) is 41.5 Å². The first-order valence-corrected chi connectivity index (χ1v) is 17.7. The van der Waals surface area contributed by atoms with Gasteiger partial charge in [0, 0.05) is 31.1 Å². The van der Waals surface area contributed by atoms with Crippen LogP contribution in [0.4, 0.5) is 0 Å².